The van der Waals surface area contributed by atoms with Gasteiger partial charge in [0.1, 0.15) is 0 Å². The summed E-state index contributed by atoms with van der Waals surface area (Å²) < 4.78 is 0. The summed E-state index contributed by atoms with van der Waals surface area (Å²) in [7, 11) is 0. The van der Waals surface area contributed by atoms with E-state index in [0.717, 1.165) is 17.7 Å². The predicted molar refractivity (Wildman–Crippen MR) is 81.9 cm³/mol. The minimum absolute atomic E-state index is 0.157. The van der Waals surface area contributed by atoms with Crippen LogP contribution in [-0.4, -0.2) is 26.2 Å². The Hall–Kier alpha value is -2.53. The van der Waals surface area contributed by atoms with Crippen LogP contribution in [0.15, 0.2) is 54.6 Å². The first-order valence-corrected chi connectivity index (χ1v) is 6.93. The molecule has 21 heavy (non-hydrogen) atoms. The fraction of sp³-hybridized carbons (Fsp3) is 0.188. The van der Waals surface area contributed by atoms with Crippen LogP contribution < -0.4 is 5.73 Å². The highest BCUT2D eigenvalue weighted by Gasteiger charge is 2.07. The Morgan fingerprint density at radius 2 is 1.76 bits per heavy atom. The lowest BCUT2D eigenvalue weighted by Crippen LogP contribution is -2.17. The molecule has 1 unspecified atom stereocenters. The third-order valence-corrected chi connectivity index (χ3v) is 3.17. The molecule has 0 aliphatic rings. The number of hydrogen-bond acceptors (Lipinski definition) is 4. The van der Waals surface area contributed by atoms with Gasteiger partial charge in [0, 0.05) is 11.6 Å². The second kappa shape index (κ2) is 5.85. The molecular formula is C16H17N5. The summed E-state index contributed by atoms with van der Waals surface area (Å²) in [5, 5.41) is 12.6. The van der Waals surface area contributed by atoms with Crippen LogP contribution in [-0.2, 0) is 6.42 Å². The van der Waals surface area contributed by atoms with Gasteiger partial charge in [-0.05, 0) is 36.3 Å². The molecule has 3 rings (SSSR count). The fourth-order valence-corrected chi connectivity index (χ4v) is 2.16. The van der Waals surface area contributed by atoms with Crippen molar-refractivity contribution in [3.8, 4) is 17.1 Å². The molecule has 1 atom stereocenters. The van der Waals surface area contributed by atoms with E-state index in [9.17, 15) is 0 Å². The average Bonchev–Trinajstić information content (AvgIpc) is 2.98. The summed E-state index contributed by atoms with van der Waals surface area (Å²) in [6, 6.07) is 18.0. The second-order valence-corrected chi connectivity index (χ2v) is 5.12. The smallest absolute Gasteiger partial charge is 0.205 e. The summed E-state index contributed by atoms with van der Waals surface area (Å²) in [5.74, 6) is 0.621. The van der Waals surface area contributed by atoms with Gasteiger partial charge in [0.15, 0.2) is 0 Å². The average molecular weight is 279 g/mol. The van der Waals surface area contributed by atoms with Crippen molar-refractivity contribution in [3.05, 3.63) is 60.2 Å². The Labute approximate surface area is 123 Å². The first kappa shape index (κ1) is 13.5. The molecule has 0 aliphatic heterocycles. The van der Waals surface area contributed by atoms with Crippen LogP contribution >= 0.6 is 0 Å². The molecule has 0 bridgehead atoms. The Morgan fingerprint density at radius 3 is 2.43 bits per heavy atom. The SMILES string of the molecule is CC(N)Cc1ccc(-n2nnc(-c3ccccc3)n2)cc1. The predicted octanol–water partition coefficient (Wildman–Crippen LogP) is 2.22. The van der Waals surface area contributed by atoms with Gasteiger partial charge in [-0.2, -0.15) is 0 Å². The molecule has 106 valence electrons. The van der Waals surface area contributed by atoms with Crippen LogP contribution in [0, 0.1) is 0 Å². The number of tetrazole rings is 1. The molecule has 1 aromatic heterocycles. The molecular weight excluding hydrogens is 262 g/mol. The third-order valence-electron chi connectivity index (χ3n) is 3.17. The molecule has 5 nitrogen and oxygen atoms in total. The van der Waals surface area contributed by atoms with Crippen LogP contribution in [0.25, 0.3) is 17.1 Å². The first-order chi connectivity index (χ1) is 10.2. The molecule has 0 saturated heterocycles. The van der Waals surface area contributed by atoms with E-state index in [1.807, 2.05) is 61.5 Å². The summed E-state index contributed by atoms with van der Waals surface area (Å²) in [5.41, 5.74) is 8.85. The van der Waals surface area contributed by atoms with E-state index in [1.54, 1.807) is 0 Å². The number of nitrogens with zero attached hydrogens (tertiary/aromatic N) is 4. The molecule has 0 aliphatic carbocycles. The third kappa shape index (κ3) is 3.14. The number of aromatic nitrogens is 4. The Kier molecular flexibility index (Phi) is 3.75. The Bertz CT molecular complexity index is 701. The lowest BCUT2D eigenvalue weighted by molar-refractivity contribution is 0.716. The summed E-state index contributed by atoms with van der Waals surface area (Å²) >= 11 is 0. The van der Waals surface area contributed by atoms with Gasteiger partial charge in [-0.25, -0.2) is 0 Å². The monoisotopic (exact) mass is 279 g/mol. The second-order valence-electron chi connectivity index (χ2n) is 5.12. The van der Waals surface area contributed by atoms with Gasteiger partial charge in [-0.3, -0.25) is 0 Å². The fourth-order valence-electron chi connectivity index (χ4n) is 2.16. The van der Waals surface area contributed by atoms with E-state index in [0.29, 0.717) is 5.82 Å². The molecule has 0 saturated carbocycles. The van der Waals surface area contributed by atoms with E-state index in [-0.39, 0.29) is 6.04 Å². The highest BCUT2D eigenvalue weighted by Crippen LogP contribution is 2.14. The topological polar surface area (TPSA) is 69.6 Å². The van der Waals surface area contributed by atoms with E-state index in [1.165, 1.54) is 10.4 Å². The van der Waals surface area contributed by atoms with Crippen molar-refractivity contribution < 1.29 is 0 Å². The Balaban J connectivity index is 1.83. The van der Waals surface area contributed by atoms with Crippen molar-refractivity contribution >= 4 is 0 Å². The summed E-state index contributed by atoms with van der Waals surface area (Å²) in [6.07, 6.45) is 0.861. The maximum Gasteiger partial charge on any atom is 0.205 e. The van der Waals surface area contributed by atoms with E-state index in [2.05, 4.69) is 15.4 Å². The molecule has 0 radical (unpaired) electrons. The van der Waals surface area contributed by atoms with Crippen molar-refractivity contribution in [1.29, 1.82) is 0 Å². The van der Waals surface area contributed by atoms with Gasteiger partial charge in [0.2, 0.25) is 5.82 Å². The molecule has 0 fully saturated rings. The van der Waals surface area contributed by atoms with Gasteiger partial charge < -0.3 is 5.73 Å². The molecule has 2 N–H and O–H groups in total. The lowest BCUT2D eigenvalue weighted by Gasteiger charge is -2.05. The van der Waals surface area contributed by atoms with Gasteiger partial charge in [-0.1, -0.05) is 42.5 Å². The standard InChI is InChI=1S/C16H17N5/c1-12(17)11-13-7-9-15(10-8-13)21-19-16(18-20-21)14-5-3-2-4-6-14/h2-10,12H,11,17H2,1H3. The van der Waals surface area contributed by atoms with E-state index in [4.69, 9.17) is 5.73 Å². The van der Waals surface area contributed by atoms with Gasteiger partial charge >= 0.3 is 0 Å². The van der Waals surface area contributed by atoms with Gasteiger partial charge in [0.05, 0.1) is 5.69 Å². The maximum absolute atomic E-state index is 5.80. The normalized spacial score (nSPS) is 12.3. The first-order valence-electron chi connectivity index (χ1n) is 6.93. The van der Waals surface area contributed by atoms with Crippen LogP contribution in [0.5, 0.6) is 0 Å². The largest absolute Gasteiger partial charge is 0.328 e. The van der Waals surface area contributed by atoms with Crippen LogP contribution in [0.4, 0.5) is 0 Å². The Morgan fingerprint density at radius 1 is 1.05 bits per heavy atom. The minimum atomic E-state index is 0.157. The number of rotatable bonds is 4. The van der Waals surface area contributed by atoms with Crippen LogP contribution in [0.1, 0.15) is 12.5 Å². The highest BCUT2D eigenvalue weighted by molar-refractivity contribution is 5.53. The zero-order valence-corrected chi connectivity index (χ0v) is 11.8. The molecule has 0 amide bonds. The van der Waals surface area contributed by atoms with Crippen molar-refractivity contribution in [1.82, 2.24) is 20.2 Å². The molecule has 2 aromatic carbocycles. The van der Waals surface area contributed by atoms with E-state index < -0.39 is 0 Å². The molecule has 0 spiro atoms. The van der Waals surface area contributed by atoms with Crippen molar-refractivity contribution in [2.75, 3.05) is 0 Å². The minimum Gasteiger partial charge on any atom is -0.328 e. The number of nitrogens with two attached hydrogens (primary N) is 1. The highest BCUT2D eigenvalue weighted by atomic mass is 15.6. The summed E-state index contributed by atoms with van der Waals surface area (Å²) in [6.45, 7) is 2.00. The quantitative estimate of drug-likeness (QED) is 0.795. The van der Waals surface area contributed by atoms with Crippen molar-refractivity contribution in [3.63, 3.8) is 0 Å². The molecule has 1 heterocycles. The molecule has 3 aromatic rings. The molecule has 5 heteroatoms. The van der Waals surface area contributed by atoms with Gasteiger partial charge in [-0.15, -0.1) is 15.0 Å². The van der Waals surface area contributed by atoms with E-state index >= 15 is 0 Å². The van der Waals surface area contributed by atoms with Crippen LogP contribution in [0.3, 0.4) is 0 Å². The maximum atomic E-state index is 5.80. The van der Waals surface area contributed by atoms with Crippen LogP contribution in [0.2, 0.25) is 0 Å². The number of hydrogen-bond donors (Lipinski definition) is 1. The number of benzene rings is 2. The van der Waals surface area contributed by atoms with Gasteiger partial charge in [0.25, 0.3) is 0 Å². The summed E-state index contributed by atoms with van der Waals surface area (Å²) in [4.78, 5) is 1.54. The van der Waals surface area contributed by atoms with Crippen molar-refractivity contribution in [2.45, 2.75) is 19.4 Å². The lowest BCUT2D eigenvalue weighted by atomic mass is 10.1. The van der Waals surface area contributed by atoms with Crippen molar-refractivity contribution in [2.24, 2.45) is 5.73 Å². The zero-order chi connectivity index (χ0) is 14.7. The zero-order valence-electron chi connectivity index (χ0n) is 11.8.